The van der Waals surface area contributed by atoms with Gasteiger partial charge < -0.3 is 19.2 Å². The van der Waals surface area contributed by atoms with Crippen molar-refractivity contribution in [3.8, 4) is 11.1 Å². The number of nitrogens with one attached hydrogen (secondary N) is 1. The van der Waals surface area contributed by atoms with E-state index in [-0.39, 0.29) is 12.1 Å². The Kier molecular flexibility index (Phi) is 5.21. The van der Waals surface area contributed by atoms with E-state index in [1.807, 2.05) is 18.5 Å². The first-order valence-corrected chi connectivity index (χ1v) is 10.4. The zero-order chi connectivity index (χ0) is 21.4. The second kappa shape index (κ2) is 8.17. The Morgan fingerprint density at radius 1 is 1.16 bits per heavy atom. The third-order valence-electron chi connectivity index (χ3n) is 5.48. The van der Waals surface area contributed by atoms with Gasteiger partial charge in [-0.1, -0.05) is 11.6 Å². The lowest BCUT2D eigenvalue weighted by Gasteiger charge is -2.28. The van der Waals surface area contributed by atoms with Gasteiger partial charge in [-0.05, 0) is 41.5 Å². The fourth-order valence-electron chi connectivity index (χ4n) is 3.93. The maximum atomic E-state index is 13.6. The van der Waals surface area contributed by atoms with E-state index in [1.54, 1.807) is 18.3 Å². The van der Waals surface area contributed by atoms with Crippen LogP contribution in [-0.2, 0) is 11.3 Å². The second-order valence-electron chi connectivity index (χ2n) is 7.55. The van der Waals surface area contributed by atoms with Gasteiger partial charge in [0.2, 0.25) is 0 Å². The van der Waals surface area contributed by atoms with Gasteiger partial charge in [0.05, 0.1) is 31.6 Å². The summed E-state index contributed by atoms with van der Waals surface area (Å²) in [5, 5.41) is 1.26. The molecule has 0 aliphatic carbocycles. The number of aromatic amines is 1. The number of benzene rings is 1. The molecule has 1 aromatic carbocycles. The summed E-state index contributed by atoms with van der Waals surface area (Å²) in [7, 11) is 0. The van der Waals surface area contributed by atoms with Gasteiger partial charge in [0.15, 0.2) is 0 Å². The number of hydrogen-bond acceptors (Lipinski definition) is 4. The van der Waals surface area contributed by atoms with Crippen LogP contribution in [0.2, 0.25) is 5.02 Å². The predicted molar refractivity (Wildman–Crippen MR) is 119 cm³/mol. The zero-order valence-corrected chi connectivity index (χ0v) is 17.4. The van der Waals surface area contributed by atoms with E-state index >= 15 is 0 Å². The number of ether oxygens (including phenoxy) is 1. The molecule has 0 spiro atoms. The highest BCUT2D eigenvalue weighted by Crippen LogP contribution is 2.30. The molecule has 8 heteroatoms. The minimum Gasteiger partial charge on any atom is -0.378 e. The largest absolute Gasteiger partial charge is 0.378 e. The van der Waals surface area contributed by atoms with E-state index in [0.717, 1.165) is 40.9 Å². The Hall–Kier alpha value is -3.16. The Morgan fingerprint density at radius 3 is 2.77 bits per heavy atom. The summed E-state index contributed by atoms with van der Waals surface area (Å²) in [6.07, 6.45) is 5.44. The first kappa shape index (κ1) is 19.8. The molecule has 3 aromatic heterocycles. The van der Waals surface area contributed by atoms with Gasteiger partial charge >= 0.3 is 0 Å². The first-order valence-electron chi connectivity index (χ1n) is 10.0. The van der Waals surface area contributed by atoms with E-state index in [9.17, 15) is 9.18 Å². The Labute approximate surface area is 182 Å². The molecule has 1 aliphatic heterocycles. The molecule has 1 fully saturated rings. The predicted octanol–water partition coefficient (Wildman–Crippen LogP) is 4.07. The average molecular weight is 439 g/mol. The van der Waals surface area contributed by atoms with Crippen LogP contribution >= 0.6 is 11.6 Å². The molecule has 1 N–H and O–H groups in total. The average Bonchev–Trinajstić information content (AvgIpc) is 3.18. The van der Waals surface area contributed by atoms with Gasteiger partial charge in [-0.3, -0.25) is 4.79 Å². The Bertz CT molecular complexity index is 1290. The maximum absolute atomic E-state index is 13.6. The number of aromatic nitrogens is 3. The summed E-state index contributed by atoms with van der Waals surface area (Å²) in [6, 6.07) is 9.85. The second-order valence-corrected chi connectivity index (χ2v) is 7.99. The number of anilines is 1. The molecule has 158 valence electrons. The van der Waals surface area contributed by atoms with Crippen molar-refractivity contribution in [1.29, 1.82) is 0 Å². The highest BCUT2D eigenvalue weighted by atomic mass is 35.5. The fourth-order valence-corrected chi connectivity index (χ4v) is 4.17. The molecule has 4 heterocycles. The summed E-state index contributed by atoms with van der Waals surface area (Å²) in [6.45, 7) is 3.30. The molecule has 0 radical (unpaired) electrons. The number of morpholine rings is 1. The fraction of sp³-hybridized carbons (Fsp3) is 0.217. The van der Waals surface area contributed by atoms with Crippen molar-refractivity contribution in [3.63, 3.8) is 0 Å². The van der Waals surface area contributed by atoms with Gasteiger partial charge in [-0.25, -0.2) is 9.37 Å². The van der Waals surface area contributed by atoms with Crippen LogP contribution in [0.5, 0.6) is 0 Å². The summed E-state index contributed by atoms with van der Waals surface area (Å²) in [5.74, 6) is -0.422. The molecule has 0 atom stereocenters. The molecule has 0 unspecified atom stereocenters. The molecular formula is C23H20ClFN4O2. The lowest BCUT2D eigenvalue weighted by atomic mass is 10.1. The lowest BCUT2D eigenvalue weighted by Crippen LogP contribution is -2.36. The summed E-state index contributed by atoms with van der Waals surface area (Å²) in [4.78, 5) is 22.7. The van der Waals surface area contributed by atoms with Crippen molar-refractivity contribution < 1.29 is 9.13 Å². The quantitative estimate of drug-likeness (QED) is 0.521. The van der Waals surface area contributed by atoms with Crippen molar-refractivity contribution in [2.24, 2.45) is 0 Å². The van der Waals surface area contributed by atoms with Crippen LogP contribution in [0.25, 0.3) is 22.2 Å². The number of halogens is 2. The standard InChI is InChI=1S/C23H20ClFN4O2/c24-17-7-15(8-18(25)10-17)14-29-2-1-16(9-22(29)30)21-13-27-23-20(21)11-19(12-26-23)28-3-5-31-6-4-28/h1-2,7-13H,3-6,14H2,(H,26,27). The molecule has 31 heavy (non-hydrogen) atoms. The monoisotopic (exact) mass is 438 g/mol. The summed E-state index contributed by atoms with van der Waals surface area (Å²) >= 11 is 5.93. The molecule has 0 saturated carbocycles. The molecule has 6 nitrogen and oxygen atoms in total. The summed E-state index contributed by atoms with van der Waals surface area (Å²) < 4.78 is 20.6. The summed E-state index contributed by atoms with van der Waals surface area (Å²) in [5.41, 5.74) is 3.97. The topological polar surface area (TPSA) is 63.1 Å². The minimum absolute atomic E-state index is 0.176. The molecular weight excluding hydrogens is 419 g/mol. The SMILES string of the molecule is O=c1cc(-c2c[nH]c3ncc(N4CCOCC4)cc23)ccn1Cc1cc(F)cc(Cl)c1. The number of pyridine rings is 2. The van der Waals surface area contributed by atoms with Crippen LogP contribution in [0, 0.1) is 5.82 Å². The highest BCUT2D eigenvalue weighted by molar-refractivity contribution is 6.30. The number of hydrogen-bond donors (Lipinski definition) is 1. The highest BCUT2D eigenvalue weighted by Gasteiger charge is 2.15. The van der Waals surface area contributed by atoms with E-state index in [0.29, 0.717) is 23.8 Å². The van der Waals surface area contributed by atoms with Crippen molar-refractivity contribution >= 4 is 28.3 Å². The Balaban J connectivity index is 1.47. The third kappa shape index (κ3) is 4.06. The van der Waals surface area contributed by atoms with Gasteiger partial charge in [0.1, 0.15) is 11.5 Å². The van der Waals surface area contributed by atoms with Crippen LogP contribution in [-0.4, -0.2) is 40.8 Å². The molecule has 1 aliphatic rings. The number of rotatable bonds is 4. The van der Waals surface area contributed by atoms with Crippen LogP contribution in [0.3, 0.4) is 0 Å². The minimum atomic E-state index is -0.422. The smallest absolute Gasteiger partial charge is 0.251 e. The van der Waals surface area contributed by atoms with Crippen molar-refractivity contribution in [2.45, 2.75) is 6.54 Å². The third-order valence-corrected chi connectivity index (χ3v) is 5.69. The van der Waals surface area contributed by atoms with Crippen LogP contribution in [0.4, 0.5) is 10.1 Å². The van der Waals surface area contributed by atoms with Crippen LogP contribution < -0.4 is 10.5 Å². The molecule has 5 rings (SSSR count). The van der Waals surface area contributed by atoms with Crippen molar-refractivity contribution in [3.05, 3.63) is 81.7 Å². The molecule has 4 aromatic rings. The van der Waals surface area contributed by atoms with E-state index in [2.05, 4.69) is 20.9 Å². The van der Waals surface area contributed by atoms with E-state index < -0.39 is 5.82 Å². The maximum Gasteiger partial charge on any atom is 0.251 e. The van der Waals surface area contributed by atoms with Gasteiger partial charge in [-0.15, -0.1) is 0 Å². The van der Waals surface area contributed by atoms with Crippen LogP contribution in [0.1, 0.15) is 5.56 Å². The number of fused-ring (bicyclic) bond motifs is 1. The van der Waals surface area contributed by atoms with Crippen molar-refractivity contribution in [2.75, 3.05) is 31.2 Å². The Morgan fingerprint density at radius 2 is 2.00 bits per heavy atom. The lowest BCUT2D eigenvalue weighted by molar-refractivity contribution is 0.122. The van der Waals surface area contributed by atoms with Crippen LogP contribution in [0.15, 0.2) is 59.8 Å². The molecule has 0 bridgehead atoms. The van der Waals surface area contributed by atoms with Gasteiger partial charge in [-0.2, -0.15) is 0 Å². The zero-order valence-electron chi connectivity index (χ0n) is 16.6. The van der Waals surface area contributed by atoms with E-state index in [4.69, 9.17) is 16.3 Å². The van der Waals surface area contributed by atoms with Crippen molar-refractivity contribution in [1.82, 2.24) is 14.5 Å². The first-order chi connectivity index (χ1) is 15.1. The van der Waals surface area contributed by atoms with E-state index in [1.165, 1.54) is 16.7 Å². The molecule has 1 saturated heterocycles. The van der Waals surface area contributed by atoms with Gasteiger partial charge in [0, 0.05) is 47.5 Å². The number of nitrogens with zero attached hydrogens (tertiary/aromatic N) is 3. The van der Waals surface area contributed by atoms with Gasteiger partial charge in [0.25, 0.3) is 5.56 Å². The number of H-pyrrole nitrogens is 1. The normalized spacial score (nSPS) is 14.3. The molecule has 0 amide bonds.